The van der Waals surface area contributed by atoms with E-state index in [0.717, 1.165) is 0 Å². The van der Waals surface area contributed by atoms with Gasteiger partial charge in [0.05, 0.1) is 0 Å². The van der Waals surface area contributed by atoms with Crippen LogP contribution in [0, 0.1) is 0 Å². The van der Waals surface area contributed by atoms with Gasteiger partial charge in [0.1, 0.15) is 0 Å². The van der Waals surface area contributed by atoms with E-state index >= 15 is 0 Å². The molecule has 0 unspecified atom stereocenters. The first-order valence-electron chi connectivity index (χ1n) is 0. The molecule has 5 heteroatoms. The topological polar surface area (TPSA) is 0 Å². The molecule has 0 aliphatic heterocycles. The number of hydrogen-bond acceptors (Lipinski definition) is 0. The van der Waals surface area contributed by atoms with Gasteiger partial charge in [0.25, 0.3) is 0 Å². The molecule has 0 fully saturated rings. The molecule has 0 atom stereocenters. The summed E-state index contributed by atoms with van der Waals surface area (Å²) in [6.45, 7) is 0. The normalized spacial score (nSPS) is 0. The monoisotopic (exact) mass is 156 g/mol. The fourth-order valence-electron chi connectivity index (χ4n) is 0. The maximum Gasteiger partial charge on any atom is 2.00 e. The van der Waals surface area contributed by atoms with Crippen molar-refractivity contribution in [2.24, 2.45) is 0 Å². The van der Waals surface area contributed by atoms with Crippen LogP contribution in [-0.2, 0) is 0 Å². The van der Waals surface area contributed by atoms with Crippen LogP contribution in [0.2, 0.25) is 0 Å². The van der Waals surface area contributed by atoms with Crippen molar-refractivity contribution in [3.05, 3.63) is 0 Å². The van der Waals surface area contributed by atoms with E-state index in [1.807, 2.05) is 0 Å². The fraction of sp³-hybridized carbons (Fsp3) is 0. The summed E-state index contributed by atoms with van der Waals surface area (Å²) >= 11 is 0. The molecule has 0 aliphatic carbocycles. The SMILES string of the molecule is [Ca+2].[Cl-].[Cl-].[Na+].[Na+]. The molecular weight excluding hydrogens is 157 g/mol. The van der Waals surface area contributed by atoms with Crippen LogP contribution in [0.1, 0.15) is 0 Å². The molecule has 5 heavy (non-hydrogen) atoms. The Bertz CT molecular complexity index is 7.61. The van der Waals surface area contributed by atoms with Gasteiger partial charge < -0.3 is 24.8 Å². The second-order valence-electron chi connectivity index (χ2n) is 0. The Labute approximate surface area is 119 Å². The van der Waals surface area contributed by atoms with Crippen molar-refractivity contribution in [2.75, 3.05) is 0 Å². The minimum absolute atomic E-state index is 0. The molecule has 0 aromatic rings. The summed E-state index contributed by atoms with van der Waals surface area (Å²) in [5.41, 5.74) is 0. The van der Waals surface area contributed by atoms with Crippen molar-refractivity contribution in [3.8, 4) is 0 Å². The van der Waals surface area contributed by atoms with Crippen LogP contribution in [-0.4, -0.2) is 37.7 Å². The summed E-state index contributed by atoms with van der Waals surface area (Å²) in [5, 5.41) is 0. The molecule has 16 valence electrons. The van der Waals surface area contributed by atoms with Gasteiger partial charge in [-0.2, -0.15) is 0 Å². The molecule has 0 saturated heterocycles. The van der Waals surface area contributed by atoms with Gasteiger partial charge in [-0.25, -0.2) is 0 Å². The Morgan fingerprint density at radius 2 is 0.600 bits per heavy atom. The zero-order valence-corrected chi connectivity index (χ0v) is 11.2. The van der Waals surface area contributed by atoms with Crippen molar-refractivity contribution in [2.45, 2.75) is 0 Å². The molecule has 0 radical (unpaired) electrons. The first-order valence-corrected chi connectivity index (χ1v) is 0. The maximum atomic E-state index is 0. The Kier molecular flexibility index (Phi) is 183. The van der Waals surface area contributed by atoms with E-state index in [2.05, 4.69) is 0 Å². The molecule has 0 spiro atoms. The van der Waals surface area contributed by atoms with Crippen LogP contribution in [0.4, 0.5) is 0 Å². The Balaban J connectivity index is 0. The van der Waals surface area contributed by atoms with Crippen molar-refractivity contribution in [3.63, 3.8) is 0 Å². The number of halogens is 2. The van der Waals surface area contributed by atoms with E-state index < -0.39 is 0 Å². The van der Waals surface area contributed by atoms with E-state index in [0.29, 0.717) is 0 Å². The van der Waals surface area contributed by atoms with Crippen LogP contribution >= 0.6 is 0 Å². The predicted octanol–water partition coefficient (Wildman–Crippen LogP) is -12.4. The summed E-state index contributed by atoms with van der Waals surface area (Å²) in [7, 11) is 0. The van der Waals surface area contributed by atoms with Crippen LogP contribution in [0.5, 0.6) is 0 Å². The maximum absolute atomic E-state index is 0. The second kappa shape index (κ2) is 24.9. The molecule has 0 heterocycles. The van der Waals surface area contributed by atoms with Gasteiger partial charge in [0.15, 0.2) is 0 Å². The summed E-state index contributed by atoms with van der Waals surface area (Å²) in [5.74, 6) is 0. The standard InChI is InChI=1S/Ca.2ClH.2Na/h;2*1H;;/q+2;;;2*+1/p-2. The van der Waals surface area contributed by atoms with Crippen molar-refractivity contribution in [1.82, 2.24) is 0 Å². The Hall–Kier alpha value is 3.84. The third kappa shape index (κ3) is 18.1. The van der Waals surface area contributed by atoms with Gasteiger partial charge in [-0.15, -0.1) is 0 Å². The zero-order valence-electron chi connectivity index (χ0n) is 3.46. The average Bonchev–Trinajstić information content (AvgIpc) is 0. The Morgan fingerprint density at radius 1 is 0.600 bits per heavy atom. The van der Waals surface area contributed by atoms with Gasteiger partial charge in [-0.3, -0.25) is 0 Å². The largest absolute Gasteiger partial charge is 2.00 e. The van der Waals surface area contributed by atoms with Crippen molar-refractivity contribution >= 4 is 37.7 Å². The minimum Gasteiger partial charge on any atom is -1.00 e. The molecule has 0 rings (SSSR count). The molecule has 0 amide bonds. The molecule has 0 N–H and O–H groups in total. The molecule has 0 nitrogen and oxygen atoms in total. The number of hydrogen-bond donors (Lipinski definition) is 0. The van der Waals surface area contributed by atoms with E-state index in [9.17, 15) is 0 Å². The molecule has 0 saturated carbocycles. The minimum atomic E-state index is 0. The quantitative estimate of drug-likeness (QED) is 0.306. The zero-order chi connectivity index (χ0) is 0. The van der Waals surface area contributed by atoms with Gasteiger partial charge >= 0.3 is 96.9 Å². The second-order valence-corrected chi connectivity index (χ2v) is 0. The summed E-state index contributed by atoms with van der Waals surface area (Å²) in [6.07, 6.45) is 0. The van der Waals surface area contributed by atoms with Gasteiger partial charge in [-0.1, -0.05) is 0 Å². The third-order valence-electron chi connectivity index (χ3n) is 0. The Morgan fingerprint density at radius 3 is 0.600 bits per heavy atom. The van der Waals surface area contributed by atoms with Gasteiger partial charge in [0.2, 0.25) is 0 Å². The first kappa shape index (κ1) is 36.9. The smallest absolute Gasteiger partial charge is 1.00 e. The number of rotatable bonds is 0. The fourth-order valence-corrected chi connectivity index (χ4v) is 0. The molecule has 0 aromatic carbocycles. The summed E-state index contributed by atoms with van der Waals surface area (Å²) in [6, 6.07) is 0. The van der Waals surface area contributed by atoms with Crippen LogP contribution < -0.4 is 83.9 Å². The van der Waals surface area contributed by atoms with Crippen LogP contribution in [0.25, 0.3) is 0 Å². The molecule has 0 aliphatic rings. The predicted molar refractivity (Wildman–Crippen MR) is 5.75 cm³/mol. The molecule has 0 aromatic heterocycles. The van der Waals surface area contributed by atoms with Crippen molar-refractivity contribution in [1.29, 1.82) is 0 Å². The van der Waals surface area contributed by atoms with Gasteiger partial charge in [-0.05, 0) is 0 Å². The van der Waals surface area contributed by atoms with E-state index in [1.165, 1.54) is 0 Å². The van der Waals surface area contributed by atoms with Crippen molar-refractivity contribution < 1.29 is 83.9 Å². The van der Waals surface area contributed by atoms with Crippen LogP contribution in [0.15, 0.2) is 0 Å². The summed E-state index contributed by atoms with van der Waals surface area (Å²) < 4.78 is 0. The summed E-state index contributed by atoms with van der Waals surface area (Å²) in [4.78, 5) is 0. The van der Waals surface area contributed by atoms with E-state index in [4.69, 9.17) is 0 Å². The molecular formula is CaCl2Na2+2. The van der Waals surface area contributed by atoms with Gasteiger partial charge in [0, 0.05) is 0 Å². The first-order chi connectivity index (χ1) is 0. The van der Waals surface area contributed by atoms with E-state index in [1.54, 1.807) is 0 Å². The van der Waals surface area contributed by atoms with Crippen LogP contribution in [0.3, 0.4) is 0 Å². The average molecular weight is 157 g/mol. The van der Waals surface area contributed by atoms with E-state index in [-0.39, 0.29) is 122 Å². The molecule has 0 bridgehead atoms. The third-order valence-corrected chi connectivity index (χ3v) is 0.